The van der Waals surface area contributed by atoms with Gasteiger partial charge in [0.2, 0.25) is 5.91 Å². The molecule has 1 aromatic heterocycles. The van der Waals surface area contributed by atoms with Crippen LogP contribution in [0.25, 0.3) is 11.3 Å². The van der Waals surface area contributed by atoms with Crippen molar-refractivity contribution in [3.8, 4) is 11.3 Å². The van der Waals surface area contributed by atoms with E-state index in [1.807, 2.05) is 32.7 Å². The van der Waals surface area contributed by atoms with E-state index in [2.05, 4.69) is 29.6 Å². The number of hydrogen-bond donors (Lipinski definition) is 1. The number of morpholine rings is 1. The molecule has 8 heteroatoms. The molecule has 0 spiro atoms. The molecule has 1 N–H and O–H groups in total. The smallest absolute Gasteiger partial charge is 0.276 e. The third-order valence-corrected chi connectivity index (χ3v) is 5.43. The molecule has 174 valence electrons. The maximum absolute atomic E-state index is 13.2. The van der Waals surface area contributed by atoms with Crippen LogP contribution < -0.4 is 5.43 Å². The molecule has 1 aromatic carbocycles. The van der Waals surface area contributed by atoms with Gasteiger partial charge in [0.1, 0.15) is 0 Å². The molecule has 0 atom stereocenters. The predicted octanol–water partition coefficient (Wildman–Crippen LogP) is 3.12. The number of benzene rings is 1. The van der Waals surface area contributed by atoms with Crippen LogP contribution in [0.3, 0.4) is 0 Å². The molecule has 1 aliphatic rings. The number of carbonyl (C=O) groups excluding carboxylic acids is 2. The third kappa shape index (κ3) is 6.17. The first kappa shape index (κ1) is 23.9. The van der Waals surface area contributed by atoms with Crippen molar-refractivity contribution < 1.29 is 18.8 Å². The minimum Gasteiger partial charge on any atom is -0.379 e. The zero-order chi connectivity index (χ0) is 23.3. The number of aromatic nitrogens is 1. The van der Waals surface area contributed by atoms with Crippen molar-refractivity contribution in [1.82, 2.24) is 20.5 Å². The summed E-state index contributed by atoms with van der Waals surface area (Å²) in [6.07, 6.45) is 0.219. The fourth-order valence-corrected chi connectivity index (χ4v) is 4.08. The standard InChI is InChI=1S/C24H34N4O4/c1-16(2)15-27(7-6-22(29)25-28-8-10-31-11-9-28)24(30)20-14-21(32-26-20)23-18(4)12-17(3)13-19(23)5/h12-14,16H,6-11,15H2,1-5H3,(H,25,29). The highest BCUT2D eigenvalue weighted by Crippen LogP contribution is 2.29. The number of rotatable bonds is 8. The molecule has 0 unspecified atom stereocenters. The molecule has 2 amide bonds. The molecule has 32 heavy (non-hydrogen) atoms. The average Bonchev–Trinajstić information content (AvgIpc) is 3.20. The number of carbonyl (C=O) groups is 2. The van der Waals surface area contributed by atoms with Crippen LogP contribution in [0.1, 0.15) is 47.4 Å². The van der Waals surface area contributed by atoms with E-state index in [1.54, 1.807) is 11.0 Å². The number of aryl methyl sites for hydroxylation is 3. The normalized spacial score (nSPS) is 14.6. The van der Waals surface area contributed by atoms with Crippen molar-refractivity contribution in [2.75, 3.05) is 39.4 Å². The van der Waals surface area contributed by atoms with Crippen molar-refractivity contribution in [3.05, 3.63) is 40.6 Å². The van der Waals surface area contributed by atoms with Gasteiger partial charge in [0.25, 0.3) is 5.91 Å². The van der Waals surface area contributed by atoms with E-state index in [0.29, 0.717) is 45.2 Å². The molecule has 1 saturated heterocycles. The second-order valence-corrected chi connectivity index (χ2v) is 8.88. The predicted molar refractivity (Wildman–Crippen MR) is 122 cm³/mol. The zero-order valence-corrected chi connectivity index (χ0v) is 19.7. The Hall–Kier alpha value is -2.71. The zero-order valence-electron chi connectivity index (χ0n) is 19.7. The molecule has 1 fully saturated rings. The molecular weight excluding hydrogens is 408 g/mol. The van der Waals surface area contributed by atoms with Gasteiger partial charge in [-0.3, -0.25) is 15.0 Å². The number of nitrogens with one attached hydrogen (secondary N) is 1. The summed E-state index contributed by atoms with van der Waals surface area (Å²) in [5, 5.41) is 5.91. The maximum Gasteiger partial charge on any atom is 0.276 e. The SMILES string of the molecule is Cc1cc(C)c(-c2cc(C(=O)N(CCC(=O)NN3CCOCC3)CC(C)C)no2)c(C)c1. The highest BCUT2D eigenvalue weighted by molar-refractivity contribution is 5.93. The fourth-order valence-electron chi connectivity index (χ4n) is 4.08. The van der Waals surface area contributed by atoms with Crippen LogP contribution in [0.2, 0.25) is 0 Å². The summed E-state index contributed by atoms with van der Waals surface area (Å²) in [5.41, 5.74) is 7.45. The van der Waals surface area contributed by atoms with Gasteiger partial charge < -0.3 is 14.2 Å². The van der Waals surface area contributed by atoms with E-state index in [9.17, 15) is 9.59 Å². The maximum atomic E-state index is 13.2. The van der Waals surface area contributed by atoms with Gasteiger partial charge in [0.05, 0.1) is 13.2 Å². The molecule has 0 aliphatic carbocycles. The minimum absolute atomic E-state index is 0.111. The lowest BCUT2D eigenvalue weighted by Gasteiger charge is -2.28. The summed E-state index contributed by atoms with van der Waals surface area (Å²) in [7, 11) is 0. The van der Waals surface area contributed by atoms with Gasteiger partial charge in [-0.15, -0.1) is 0 Å². The summed E-state index contributed by atoms with van der Waals surface area (Å²) in [6.45, 7) is 13.6. The van der Waals surface area contributed by atoms with Crippen molar-refractivity contribution in [2.45, 2.75) is 41.0 Å². The van der Waals surface area contributed by atoms with Gasteiger partial charge in [-0.05, 0) is 37.8 Å². The van der Waals surface area contributed by atoms with Crippen molar-refractivity contribution in [1.29, 1.82) is 0 Å². The van der Waals surface area contributed by atoms with Crippen molar-refractivity contribution in [2.24, 2.45) is 5.92 Å². The molecule has 8 nitrogen and oxygen atoms in total. The van der Waals surface area contributed by atoms with Crippen LogP contribution in [0.15, 0.2) is 22.7 Å². The van der Waals surface area contributed by atoms with E-state index in [4.69, 9.17) is 9.26 Å². The largest absolute Gasteiger partial charge is 0.379 e. The van der Waals surface area contributed by atoms with Gasteiger partial charge in [-0.2, -0.15) is 0 Å². The van der Waals surface area contributed by atoms with Gasteiger partial charge in [0, 0.05) is 44.2 Å². The summed E-state index contributed by atoms with van der Waals surface area (Å²) < 4.78 is 10.9. The average molecular weight is 443 g/mol. The van der Waals surface area contributed by atoms with Crippen molar-refractivity contribution >= 4 is 11.8 Å². The summed E-state index contributed by atoms with van der Waals surface area (Å²) >= 11 is 0. The lowest BCUT2D eigenvalue weighted by molar-refractivity contribution is -0.128. The summed E-state index contributed by atoms with van der Waals surface area (Å²) in [4.78, 5) is 27.3. The Labute approximate surface area is 189 Å². The molecule has 0 bridgehead atoms. The van der Waals surface area contributed by atoms with Crippen LogP contribution >= 0.6 is 0 Å². The molecule has 0 radical (unpaired) electrons. The van der Waals surface area contributed by atoms with Crippen LogP contribution in [0.4, 0.5) is 0 Å². The van der Waals surface area contributed by atoms with Gasteiger partial charge in [-0.1, -0.05) is 36.7 Å². The van der Waals surface area contributed by atoms with E-state index >= 15 is 0 Å². The van der Waals surface area contributed by atoms with E-state index in [-0.39, 0.29) is 29.8 Å². The quantitative estimate of drug-likeness (QED) is 0.676. The molecule has 2 aromatic rings. The van der Waals surface area contributed by atoms with Crippen LogP contribution in [-0.4, -0.2) is 66.3 Å². The summed E-state index contributed by atoms with van der Waals surface area (Å²) in [5.74, 6) is 0.502. The van der Waals surface area contributed by atoms with Crippen LogP contribution in [-0.2, 0) is 9.53 Å². The Morgan fingerprint density at radius 3 is 2.41 bits per heavy atom. The monoisotopic (exact) mass is 442 g/mol. The van der Waals surface area contributed by atoms with E-state index < -0.39 is 0 Å². The lowest BCUT2D eigenvalue weighted by Crippen LogP contribution is -2.49. The molecule has 2 heterocycles. The van der Waals surface area contributed by atoms with Gasteiger partial charge in [0.15, 0.2) is 11.5 Å². The van der Waals surface area contributed by atoms with Crippen LogP contribution in [0, 0.1) is 26.7 Å². The molecular formula is C24H34N4O4. The highest BCUT2D eigenvalue weighted by atomic mass is 16.5. The summed E-state index contributed by atoms with van der Waals surface area (Å²) in [6, 6.07) is 5.88. The highest BCUT2D eigenvalue weighted by Gasteiger charge is 2.23. The third-order valence-electron chi connectivity index (χ3n) is 5.43. The number of hydrogen-bond acceptors (Lipinski definition) is 6. The molecule has 0 saturated carbocycles. The second kappa shape index (κ2) is 10.7. The first-order valence-electron chi connectivity index (χ1n) is 11.2. The number of amides is 2. The first-order valence-corrected chi connectivity index (χ1v) is 11.2. The minimum atomic E-state index is -0.227. The number of ether oxygens (including phenoxy) is 1. The van der Waals surface area contributed by atoms with E-state index in [1.165, 1.54) is 5.56 Å². The fraction of sp³-hybridized carbons (Fsp3) is 0.542. The Balaban J connectivity index is 1.69. The Bertz CT molecular complexity index is 924. The van der Waals surface area contributed by atoms with Gasteiger partial charge in [-0.25, -0.2) is 5.01 Å². The van der Waals surface area contributed by atoms with Crippen molar-refractivity contribution in [3.63, 3.8) is 0 Å². The van der Waals surface area contributed by atoms with Crippen LogP contribution in [0.5, 0.6) is 0 Å². The molecule has 1 aliphatic heterocycles. The number of nitrogens with zero attached hydrogens (tertiary/aromatic N) is 3. The lowest BCUT2D eigenvalue weighted by atomic mass is 9.98. The Morgan fingerprint density at radius 1 is 1.12 bits per heavy atom. The second-order valence-electron chi connectivity index (χ2n) is 8.88. The van der Waals surface area contributed by atoms with Gasteiger partial charge >= 0.3 is 0 Å². The number of hydrazine groups is 1. The Kier molecular flexibility index (Phi) is 8.04. The topological polar surface area (TPSA) is 87.9 Å². The molecule has 3 rings (SSSR count). The first-order chi connectivity index (χ1) is 15.2. The van der Waals surface area contributed by atoms with E-state index in [0.717, 1.165) is 16.7 Å². The Morgan fingerprint density at radius 2 is 1.78 bits per heavy atom.